The van der Waals surface area contributed by atoms with Gasteiger partial charge in [-0.3, -0.25) is 4.79 Å². The van der Waals surface area contributed by atoms with Gasteiger partial charge in [0.05, 0.1) is 13.0 Å². The maximum absolute atomic E-state index is 10.9. The number of halogens is 2. The molecule has 0 bridgehead atoms. The van der Waals surface area contributed by atoms with Gasteiger partial charge in [-0.05, 0) is 54.8 Å². The van der Waals surface area contributed by atoms with Gasteiger partial charge in [0.25, 0.3) is 0 Å². The Balaban J connectivity index is 0.000000273. The molecule has 0 saturated carbocycles. The Morgan fingerprint density at radius 3 is 2.11 bits per heavy atom. The minimum absolute atomic E-state index is 0.00174. The van der Waals surface area contributed by atoms with Gasteiger partial charge in [-0.15, -0.1) is 0 Å². The molecule has 27 heavy (non-hydrogen) atoms. The van der Waals surface area contributed by atoms with Crippen LogP contribution in [0.2, 0.25) is 10.0 Å². The number of nitrogens with zero attached hydrogens (tertiary/aromatic N) is 1. The first kappa shape index (κ1) is 21.7. The summed E-state index contributed by atoms with van der Waals surface area (Å²) in [5.74, 6) is -0.849. The summed E-state index contributed by atoms with van der Waals surface area (Å²) in [4.78, 5) is 13.1. The number of carboxylic acid groups (broad SMARTS) is 1. The molecule has 0 aromatic heterocycles. The second kappa shape index (κ2) is 11.3. The molecule has 0 unspecified atom stereocenters. The van der Waals surface area contributed by atoms with Crippen LogP contribution in [0.5, 0.6) is 0 Å². The van der Waals surface area contributed by atoms with E-state index in [-0.39, 0.29) is 6.42 Å². The Hall–Kier alpha value is -1.59. The van der Waals surface area contributed by atoms with E-state index in [1.165, 1.54) is 25.9 Å². The van der Waals surface area contributed by atoms with E-state index in [1.807, 2.05) is 24.3 Å². The number of benzene rings is 2. The molecule has 2 aromatic rings. The van der Waals surface area contributed by atoms with Crippen molar-refractivity contribution in [2.75, 3.05) is 26.2 Å². The summed E-state index contributed by atoms with van der Waals surface area (Å²) in [6.07, 6.45) is 3.17. The summed E-state index contributed by atoms with van der Waals surface area (Å²) in [6.45, 7) is 3.58. The number of aliphatic carboxylic acids is 1. The lowest BCUT2D eigenvalue weighted by molar-refractivity contribution is -0.136. The van der Waals surface area contributed by atoms with E-state index >= 15 is 0 Å². The molecule has 1 heterocycles. The fourth-order valence-corrected chi connectivity index (χ4v) is 3.64. The van der Waals surface area contributed by atoms with Crippen LogP contribution >= 0.6 is 23.2 Å². The first-order valence-corrected chi connectivity index (χ1v) is 9.81. The molecule has 1 saturated heterocycles. The number of aliphatic hydroxyl groups is 1. The van der Waals surface area contributed by atoms with E-state index in [1.54, 1.807) is 18.2 Å². The predicted octanol–water partition coefficient (Wildman–Crippen LogP) is 4.29. The molecule has 146 valence electrons. The van der Waals surface area contributed by atoms with Crippen LogP contribution in [-0.4, -0.2) is 47.3 Å². The SMILES string of the molecule is O=C(O)Cc1ccccc1Cc1c(Cl)cccc1Cl.OCCN1CCCC1. The van der Waals surface area contributed by atoms with Gasteiger partial charge in [-0.25, -0.2) is 0 Å². The van der Waals surface area contributed by atoms with Crippen LogP contribution in [0.4, 0.5) is 0 Å². The van der Waals surface area contributed by atoms with Crippen molar-refractivity contribution >= 4 is 29.2 Å². The van der Waals surface area contributed by atoms with Crippen LogP contribution < -0.4 is 0 Å². The van der Waals surface area contributed by atoms with E-state index in [2.05, 4.69) is 4.90 Å². The number of rotatable bonds is 6. The summed E-state index contributed by atoms with van der Waals surface area (Å²) in [6, 6.07) is 12.8. The number of β-amino-alcohol motifs (C(OH)–C–C–N with tert-alkyl or cyclic N) is 1. The highest BCUT2D eigenvalue weighted by molar-refractivity contribution is 6.36. The third-order valence-corrected chi connectivity index (χ3v) is 5.21. The third-order valence-electron chi connectivity index (χ3n) is 4.50. The van der Waals surface area contributed by atoms with Crippen molar-refractivity contribution in [1.82, 2.24) is 4.90 Å². The van der Waals surface area contributed by atoms with Crippen molar-refractivity contribution in [3.8, 4) is 0 Å². The van der Waals surface area contributed by atoms with Crippen molar-refractivity contribution in [2.24, 2.45) is 0 Å². The van der Waals surface area contributed by atoms with Crippen LogP contribution in [0, 0.1) is 0 Å². The monoisotopic (exact) mass is 409 g/mol. The second-order valence-electron chi connectivity index (χ2n) is 6.49. The molecule has 0 radical (unpaired) electrons. The molecule has 1 fully saturated rings. The molecule has 1 aliphatic rings. The molecule has 0 amide bonds. The second-order valence-corrected chi connectivity index (χ2v) is 7.30. The summed E-state index contributed by atoms with van der Waals surface area (Å²) in [7, 11) is 0. The molecule has 2 N–H and O–H groups in total. The van der Waals surface area contributed by atoms with Crippen molar-refractivity contribution in [2.45, 2.75) is 25.7 Å². The average Bonchev–Trinajstić information content (AvgIpc) is 3.13. The highest BCUT2D eigenvalue weighted by atomic mass is 35.5. The smallest absolute Gasteiger partial charge is 0.307 e. The summed E-state index contributed by atoms with van der Waals surface area (Å²) >= 11 is 12.3. The zero-order chi connectivity index (χ0) is 19.6. The van der Waals surface area contributed by atoms with E-state index < -0.39 is 5.97 Å². The number of carbonyl (C=O) groups is 1. The predicted molar refractivity (Wildman–Crippen MR) is 110 cm³/mol. The third kappa shape index (κ3) is 7.15. The number of carboxylic acids is 1. The van der Waals surface area contributed by atoms with E-state index in [9.17, 15) is 4.79 Å². The van der Waals surface area contributed by atoms with Crippen LogP contribution in [0.3, 0.4) is 0 Å². The number of aliphatic hydroxyl groups excluding tert-OH is 1. The first-order chi connectivity index (χ1) is 13.0. The summed E-state index contributed by atoms with van der Waals surface area (Å²) in [5, 5.41) is 18.6. The van der Waals surface area contributed by atoms with Crippen molar-refractivity contribution in [1.29, 1.82) is 0 Å². The maximum Gasteiger partial charge on any atom is 0.307 e. The Morgan fingerprint density at radius 1 is 0.963 bits per heavy atom. The molecule has 1 aliphatic heterocycles. The maximum atomic E-state index is 10.9. The van der Waals surface area contributed by atoms with Gasteiger partial charge in [0, 0.05) is 23.0 Å². The minimum atomic E-state index is -0.849. The Kier molecular flexibility index (Phi) is 9.08. The molecule has 4 nitrogen and oxygen atoms in total. The Morgan fingerprint density at radius 2 is 1.56 bits per heavy atom. The van der Waals surface area contributed by atoms with Crippen molar-refractivity contribution in [3.63, 3.8) is 0 Å². The number of likely N-dealkylation sites (tertiary alicyclic amines) is 1. The van der Waals surface area contributed by atoms with E-state index in [0.29, 0.717) is 23.1 Å². The summed E-state index contributed by atoms with van der Waals surface area (Å²) in [5.41, 5.74) is 2.54. The zero-order valence-corrected chi connectivity index (χ0v) is 16.7. The minimum Gasteiger partial charge on any atom is -0.481 e. The van der Waals surface area contributed by atoms with Crippen LogP contribution in [0.15, 0.2) is 42.5 Å². The van der Waals surface area contributed by atoms with Gasteiger partial charge in [-0.2, -0.15) is 0 Å². The number of hydrogen-bond donors (Lipinski definition) is 2. The van der Waals surface area contributed by atoms with Crippen molar-refractivity contribution < 1.29 is 15.0 Å². The van der Waals surface area contributed by atoms with Crippen LogP contribution in [0.1, 0.15) is 29.5 Å². The zero-order valence-electron chi connectivity index (χ0n) is 15.2. The Labute approximate surface area is 170 Å². The summed E-state index contributed by atoms with van der Waals surface area (Å²) < 4.78 is 0. The highest BCUT2D eigenvalue weighted by Gasteiger charge is 2.11. The van der Waals surface area contributed by atoms with Gasteiger partial charge >= 0.3 is 5.97 Å². The molecule has 0 atom stereocenters. The molecule has 6 heteroatoms. The fourth-order valence-electron chi connectivity index (χ4n) is 3.10. The van der Waals surface area contributed by atoms with Gasteiger partial charge in [0.2, 0.25) is 0 Å². The van der Waals surface area contributed by atoms with E-state index in [4.69, 9.17) is 33.4 Å². The lowest BCUT2D eigenvalue weighted by Gasteiger charge is -2.10. The molecular formula is C21H25Cl2NO3. The molecule has 3 rings (SSSR count). The molecular weight excluding hydrogens is 385 g/mol. The van der Waals surface area contributed by atoms with E-state index in [0.717, 1.165) is 23.2 Å². The first-order valence-electron chi connectivity index (χ1n) is 9.06. The fraction of sp³-hybridized carbons (Fsp3) is 0.381. The largest absolute Gasteiger partial charge is 0.481 e. The lowest BCUT2D eigenvalue weighted by atomic mass is 9.98. The van der Waals surface area contributed by atoms with Crippen molar-refractivity contribution in [3.05, 3.63) is 69.2 Å². The standard InChI is InChI=1S/C15H12Cl2O2.C6H13NO/c16-13-6-3-7-14(17)12(13)8-10-4-1-2-5-11(10)9-15(18)19;8-6-5-7-3-1-2-4-7/h1-7H,8-9H2,(H,18,19);8H,1-6H2. The molecule has 0 spiro atoms. The van der Waals surface area contributed by atoms with Crippen LogP contribution in [-0.2, 0) is 17.6 Å². The Bertz CT molecular complexity index is 726. The number of hydrogen-bond acceptors (Lipinski definition) is 3. The van der Waals surface area contributed by atoms with Gasteiger partial charge in [-0.1, -0.05) is 53.5 Å². The van der Waals surface area contributed by atoms with Gasteiger partial charge < -0.3 is 15.1 Å². The van der Waals surface area contributed by atoms with Crippen LogP contribution in [0.25, 0.3) is 0 Å². The van der Waals surface area contributed by atoms with Gasteiger partial charge in [0.15, 0.2) is 0 Å². The average molecular weight is 410 g/mol. The molecule has 0 aliphatic carbocycles. The quantitative estimate of drug-likeness (QED) is 0.746. The van der Waals surface area contributed by atoms with Gasteiger partial charge in [0.1, 0.15) is 0 Å². The topological polar surface area (TPSA) is 60.8 Å². The molecule has 2 aromatic carbocycles. The lowest BCUT2D eigenvalue weighted by Crippen LogP contribution is -2.22. The highest BCUT2D eigenvalue weighted by Crippen LogP contribution is 2.28. The normalized spacial score (nSPS) is 13.9.